The lowest BCUT2D eigenvalue weighted by Crippen LogP contribution is -2.00. The maximum atomic E-state index is 5.56. The molecule has 2 N–H and O–H groups in total. The van der Waals surface area contributed by atoms with Crippen molar-refractivity contribution in [2.45, 2.75) is 6.54 Å². The SMILES string of the molecule is NCc1nn(-c2cccc(Br)c2)cc1Br. The number of nitrogens with two attached hydrogens (primary N) is 1. The van der Waals surface area contributed by atoms with Gasteiger partial charge in [-0.15, -0.1) is 0 Å². The van der Waals surface area contributed by atoms with Crippen molar-refractivity contribution >= 4 is 31.9 Å². The number of hydrogen-bond donors (Lipinski definition) is 1. The van der Waals surface area contributed by atoms with Crippen molar-refractivity contribution in [2.75, 3.05) is 0 Å². The fourth-order valence-corrected chi connectivity index (χ4v) is 2.10. The topological polar surface area (TPSA) is 43.8 Å². The van der Waals surface area contributed by atoms with Crippen LogP contribution in [-0.4, -0.2) is 9.78 Å². The van der Waals surface area contributed by atoms with Crippen LogP contribution in [0.25, 0.3) is 5.69 Å². The van der Waals surface area contributed by atoms with Gasteiger partial charge >= 0.3 is 0 Å². The summed E-state index contributed by atoms with van der Waals surface area (Å²) in [5.41, 5.74) is 7.42. The Labute approximate surface area is 105 Å². The number of benzene rings is 1. The minimum atomic E-state index is 0.432. The molecule has 0 bridgehead atoms. The predicted molar refractivity (Wildman–Crippen MR) is 66.9 cm³/mol. The van der Waals surface area contributed by atoms with Crippen molar-refractivity contribution in [1.82, 2.24) is 9.78 Å². The Morgan fingerprint density at radius 2 is 2.13 bits per heavy atom. The van der Waals surface area contributed by atoms with Gasteiger partial charge in [-0.25, -0.2) is 4.68 Å². The van der Waals surface area contributed by atoms with Crippen LogP contribution in [0.5, 0.6) is 0 Å². The Kier molecular flexibility index (Phi) is 3.23. The van der Waals surface area contributed by atoms with Gasteiger partial charge in [0.2, 0.25) is 0 Å². The first-order chi connectivity index (χ1) is 7.20. The number of rotatable bonds is 2. The molecular weight excluding hydrogens is 322 g/mol. The highest BCUT2D eigenvalue weighted by Crippen LogP contribution is 2.19. The van der Waals surface area contributed by atoms with Crippen molar-refractivity contribution in [3.05, 3.63) is 45.1 Å². The van der Waals surface area contributed by atoms with E-state index in [1.807, 2.05) is 30.5 Å². The minimum Gasteiger partial charge on any atom is -0.325 e. The van der Waals surface area contributed by atoms with Crippen LogP contribution in [0.3, 0.4) is 0 Å². The van der Waals surface area contributed by atoms with E-state index in [0.29, 0.717) is 6.54 Å². The summed E-state index contributed by atoms with van der Waals surface area (Å²) in [6.45, 7) is 0.432. The van der Waals surface area contributed by atoms with Gasteiger partial charge in [-0.2, -0.15) is 5.10 Å². The molecule has 0 amide bonds. The van der Waals surface area contributed by atoms with Gasteiger partial charge in [0.15, 0.2) is 0 Å². The van der Waals surface area contributed by atoms with Crippen molar-refractivity contribution in [3.63, 3.8) is 0 Å². The van der Waals surface area contributed by atoms with Crippen LogP contribution in [-0.2, 0) is 6.54 Å². The fraction of sp³-hybridized carbons (Fsp3) is 0.100. The van der Waals surface area contributed by atoms with E-state index in [2.05, 4.69) is 37.0 Å². The lowest BCUT2D eigenvalue weighted by molar-refractivity contribution is 0.833. The molecule has 1 aromatic heterocycles. The van der Waals surface area contributed by atoms with Crippen molar-refractivity contribution < 1.29 is 0 Å². The van der Waals surface area contributed by atoms with Gasteiger partial charge in [0.25, 0.3) is 0 Å². The molecule has 0 saturated heterocycles. The van der Waals surface area contributed by atoms with Crippen LogP contribution < -0.4 is 5.73 Å². The van der Waals surface area contributed by atoms with Crippen LogP contribution >= 0.6 is 31.9 Å². The van der Waals surface area contributed by atoms with Gasteiger partial charge in [-0.3, -0.25) is 0 Å². The van der Waals surface area contributed by atoms with E-state index in [-0.39, 0.29) is 0 Å². The lowest BCUT2D eigenvalue weighted by Gasteiger charge is -2.00. The van der Waals surface area contributed by atoms with Crippen LogP contribution in [0.15, 0.2) is 39.4 Å². The molecule has 0 aliphatic rings. The van der Waals surface area contributed by atoms with E-state index in [0.717, 1.165) is 20.3 Å². The summed E-state index contributed by atoms with van der Waals surface area (Å²) in [5, 5.41) is 4.36. The van der Waals surface area contributed by atoms with E-state index in [1.54, 1.807) is 4.68 Å². The maximum absolute atomic E-state index is 5.56. The number of nitrogens with zero attached hydrogens (tertiary/aromatic N) is 2. The fourth-order valence-electron chi connectivity index (χ4n) is 1.28. The number of aromatic nitrogens is 2. The number of halogens is 2. The zero-order chi connectivity index (χ0) is 10.8. The molecule has 5 heteroatoms. The van der Waals surface area contributed by atoms with Crippen molar-refractivity contribution in [1.29, 1.82) is 0 Å². The van der Waals surface area contributed by atoms with Crippen LogP contribution in [0.1, 0.15) is 5.69 Å². The van der Waals surface area contributed by atoms with Crippen LogP contribution in [0.4, 0.5) is 0 Å². The maximum Gasteiger partial charge on any atom is 0.0906 e. The summed E-state index contributed by atoms with van der Waals surface area (Å²) < 4.78 is 3.77. The zero-order valence-corrected chi connectivity index (χ0v) is 11.0. The Bertz CT molecular complexity index is 479. The number of hydrogen-bond acceptors (Lipinski definition) is 2. The van der Waals surface area contributed by atoms with Gasteiger partial charge in [0.1, 0.15) is 0 Å². The third kappa shape index (κ3) is 2.30. The zero-order valence-electron chi connectivity index (χ0n) is 7.82. The minimum absolute atomic E-state index is 0.432. The largest absolute Gasteiger partial charge is 0.325 e. The Morgan fingerprint density at radius 1 is 1.33 bits per heavy atom. The molecule has 15 heavy (non-hydrogen) atoms. The second-order valence-corrected chi connectivity index (χ2v) is 4.82. The summed E-state index contributed by atoms with van der Waals surface area (Å²) in [7, 11) is 0. The van der Waals surface area contributed by atoms with E-state index in [1.165, 1.54) is 0 Å². The molecule has 0 radical (unpaired) electrons. The average molecular weight is 331 g/mol. The summed E-state index contributed by atoms with van der Waals surface area (Å²) >= 11 is 6.84. The molecule has 0 aliphatic carbocycles. The van der Waals surface area contributed by atoms with Crippen molar-refractivity contribution in [3.8, 4) is 5.69 Å². The third-order valence-electron chi connectivity index (χ3n) is 2.01. The standard InChI is InChI=1S/C10H9Br2N3/c11-7-2-1-3-8(4-7)15-6-9(12)10(5-13)14-15/h1-4,6H,5,13H2. The molecule has 0 atom stereocenters. The molecule has 2 aromatic rings. The highest BCUT2D eigenvalue weighted by Gasteiger charge is 2.05. The third-order valence-corrected chi connectivity index (χ3v) is 3.16. The molecule has 0 spiro atoms. The highest BCUT2D eigenvalue weighted by molar-refractivity contribution is 9.10. The molecular formula is C10H9Br2N3. The van der Waals surface area contributed by atoms with E-state index < -0.39 is 0 Å². The Balaban J connectivity index is 2.45. The Morgan fingerprint density at radius 3 is 2.73 bits per heavy atom. The van der Waals surface area contributed by atoms with Gasteiger partial charge in [0.05, 0.1) is 15.9 Å². The normalized spacial score (nSPS) is 10.6. The average Bonchev–Trinajstić information content (AvgIpc) is 2.60. The Hall–Kier alpha value is -0.650. The summed E-state index contributed by atoms with van der Waals surface area (Å²) in [6, 6.07) is 7.94. The molecule has 0 unspecified atom stereocenters. The van der Waals surface area contributed by atoms with Gasteiger partial charge in [-0.1, -0.05) is 22.0 Å². The summed E-state index contributed by atoms with van der Waals surface area (Å²) in [4.78, 5) is 0. The van der Waals surface area contributed by atoms with Crippen molar-refractivity contribution in [2.24, 2.45) is 5.73 Å². The molecule has 0 saturated carbocycles. The predicted octanol–water partition coefficient (Wildman–Crippen LogP) is 2.86. The molecule has 3 nitrogen and oxygen atoms in total. The highest BCUT2D eigenvalue weighted by atomic mass is 79.9. The first-order valence-electron chi connectivity index (χ1n) is 4.41. The molecule has 0 fully saturated rings. The van der Waals surface area contributed by atoms with E-state index in [9.17, 15) is 0 Å². The van der Waals surface area contributed by atoms with Crippen LogP contribution in [0.2, 0.25) is 0 Å². The monoisotopic (exact) mass is 329 g/mol. The summed E-state index contributed by atoms with van der Waals surface area (Å²) in [6.07, 6.45) is 1.91. The first-order valence-corrected chi connectivity index (χ1v) is 5.99. The molecule has 0 aliphatic heterocycles. The smallest absolute Gasteiger partial charge is 0.0906 e. The van der Waals surface area contributed by atoms with E-state index in [4.69, 9.17) is 5.73 Å². The lowest BCUT2D eigenvalue weighted by atomic mass is 10.3. The molecule has 1 aromatic carbocycles. The van der Waals surface area contributed by atoms with Crippen LogP contribution in [0, 0.1) is 0 Å². The summed E-state index contributed by atoms with van der Waals surface area (Å²) in [5.74, 6) is 0. The molecule has 1 heterocycles. The van der Waals surface area contributed by atoms with Gasteiger partial charge < -0.3 is 5.73 Å². The molecule has 2 rings (SSSR count). The van der Waals surface area contributed by atoms with Gasteiger partial charge in [-0.05, 0) is 34.1 Å². The van der Waals surface area contributed by atoms with Gasteiger partial charge in [0, 0.05) is 17.2 Å². The quantitative estimate of drug-likeness (QED) is 0.920. The van der Waals surface area contributed by atoms with E-state index >= 15 is 0 Å². The molecule has 78 valence electrons. The second kappa shape index (κ2) is 4.47. The first kappa shape index (κ1) is 10.9. The second-order valence-electron chi connectivity index (χ2n) is 3.05.